The van der Waals surface area contributed by atoms with Gasteiger partial charge in [-0.3, -0.25) is 9.59 Å². The number of rotatable bonds is 2. The molecule has 3 rings (SSSR count). The van der Waals surface area contributed by atoms with Crippen molar-refractivity contribution in [1.82, 2.24) is 14.8 Å². The van der Waals surface area contributed by atoms with E-state index in [0.717, 1.165) is 16.6 Å². The summed E-state index contributed by atoms with van der Waals surface area (Å²) in [5.41, 5.74) is 1.64. The van der Waals surface area contributed by atoms with E-state index in [1.807, 2.05) is 17.5 Å². The van der Waals surface area contributed by atoms with Crippen LogP contribution in [0.3, 0.4) is 0 Å². The fraction of sp³-hybridized carbons (Fsp3) is 0.333. The van der Waals surface area contributed by atoms with E-state index >= 15 is 0 Å². The molecule has 0 aliphatic carbocycles. The smallest absolute Gasteiger partial charge is 0.270 e. The molecule has 1 N–H and O–H groups in total. The van der Waals surface area contributed by atoms with Gasteiger partial charge in [-0.15, -0.1) is 11.3 Å². The molecule has 6 heteroatoms. The molecular weight excluding hydrogens is 250 g/mol. The van der Waals surface area contributed by atoms with Crippen molar-refractivity contribution in [1.29, 1.82) is 0 Å². The van der Waals surface area contributed by atoms with Gasteiger partial charge in [-0.2, -0.15) is 0 Å². The molecule has 1 aliphatic rings. The molecule has 1 saturated heterocycles. The molecule has 2 amide bonds. The van der Waals surface area contributed by atoms with Crippen molar-refractivity contribution in [2.24, 2.45) is 0 Å². The second kappa shape index (κ2) is 4.45. The second-order valence-electron chi connectivity index (χ2n) is 4.32. The maximum Gasteiger partial charge on any atom is 0.270 e. The lowest BCUT2D eigenvalue weighted by atomic mass is 10.3. The average molecular weight is 263 g/mol. The summed E-state index contributed by atoms with van der Waals surface area (Å²) >= 11 is 1.62. The predicted octanol–water partition coefficient (Wildman–Crippen LogP) is 1.14. The summed E-state index contributed by atoms with van der Waals surface area (Å²) in [6, 6.07) is 3.87. The highest BCUT2D eigenvalue weighted by atomic mass is 32.1. The van der Waals surface area contributed by atoms with Gasteiger partial charge >= 0.3 is 0 Å². The number of nitrogens with one attached hydrogen (secondary N) is 1. The van der Waals surface area contributed by atoms with Gasteiger partial charge in [0.05, 0.1) is 10.2 Å². The third kappa shape index (κ3) is 1.88. The number of aromatic nitrogens is 1. The Balaban J connectivity index is 1.75. The highest BCUT2D eigenvalue weighted by molar-refractivity contribution is 7.17. The molecule has 0 atom stereocenters. The Morgan fingerprint density at radius 1 is 1.33 bits per heavy atom. The molecular formula is C12H13N3O2S. The van der Waals surface area contributed by atoms with Gasteiger partial charge in [0.15, 0.2) is 0 Å². The number of carbonyl (C=O) groups is 2. The third-order valence-corrected chi connectivity index (χ3v) is 4.08. The first-order valence-corrected chi connectivity index (χ1v) is 6.71. The normalized spacial score (nSPS) is 16.2. The van der Waals surface area contributed by atoms with Crippen molar-refractivity contribution in [3.05, 3.63) is 23.2 Å². The van der Waals surface area contributed by atoms with E-state index < -0.39 is 0 Å². The van der Waals surface area contributed by atoms with Crippen LogP contribution in [0.4, 0.5) is 0 Å². The SMILES string of the molecule is O=CN1CCN(C(=O)c2cc3sccc3[nH]2)CC1. The number of fused-ring (bicyclic) bond motifs is 1. The number of carbonyl (C=O) groups excluding carboxylic acids is 2. The molecule has 0 unspecified atom stereocenters. The maximum absolute atomic E-state index is 12.3. The van der Waals surface area contributed by atoms with Gasteiger partial charge < -0.3 is 14.8 Å². The summed E-state index contributed by atoms with van der Waals surface area (Å²) in [5.74, 6) is 0.0175. The van der Waals surface area contributed by atoms with Crippen LogP contribution in [0.5, 0.6) is 0 Å². The minimum Gasteiger partial charge on any atom is -0.350 e. The van der Waals surface area contributed by atoms with E-state index in [1.165, 1.54) is 0 Å². The van der Waals surface area contributed by atoms with Crippen molar-refractivity contribution >= 4 is 33.9 Å². The van der Waals surface area contributed by atoms with Gasteiger partial charge in [0, 0.05) is 26.2 Å². The van der Waals surface area contributed by atoms with Crippen molar-refractivity contribution < 1.29 is 9.59 Å². The van der Waals surface area contributed by atoms with Gasteiger partial charge in [0.2, 0.25) is 6.41 Å². The van der Waals surface area contributed by atoms with Gasteiger partial charge in [0.1, 0.15) is 5.69 Å². The first-order valence-electron chi connectivity index (χ1n) is 5.83. The highest BCUT2D eigenvalue weighted by Crippen LogP contribution is 2.22. The van der Waals surface area contributed by atoms with Crippen molar-refractivity contribution in [2.75, 3.05) is 26.2 Å². The third-order valence-electron chi connectivity index (χ3n) is 3.22. The fourth-order valence-electron chi connectivity index (χ4n) is 2.16. The lowest BCUT2D eigenvalue weighted by molar-refractivity contribution is -0.119. The fourth-order valence-corrected chi connectivity index (χ4v) is 2.95. The molecule has 5 nitrogen and oxygen atoms in total. The number of aromatic amines is 1. The minimum absolute atomic E-state index is 0.0175. The molecule has 94 valence electrons. The zero-order chi connectivity index (χ0) is 12.5. The molecule has 0 spiro atoms. The Bertz CT molecular complexity index is 552. The lowest BCUT2D eigenvalue weighted by Crippen LogP contribution is -2.48. The van der Waals surface area contributed by atoms with Gasteiger partial charge in [-0.25, -0.2) is 0 Å². The van der Waals surface area contributed by atoms with E-state index in [2.05, 4.69) is 4.98 Å². The molecule has 18 heavy (non-hydrogen) atoms. The Morgan fingerprint density at radius 3 is 2.78 bits per heavy atom. The Morgan fingerprint density at radius 2 is 2.11 bits per heavy atom. The number of hydrogen-bond acceptors (Lipinski definition) is 3. The summed E-state index contributed by atoms with van der Waals surface area (Å²) in [7, 11) is 0. The standard InChI is InChI=1S/C12H13N3O2S/c16-8-14-2-4-15(5-3-14)12(17)10-7-11-9(13-10)1-6-18-11/h1,6-8,13H,2-5H2. The molecule has 1 fully saturated rings. The molecule has 2 aromatic rings. The van der Waals surface area contributed by atoms with Crippen LogP contribution in [-0.2, 0) is 4.79 Å². The van der Waals surface area contributed by atoms with E-state index in [1.54, 1.807) is 21.1 Å². The van der Waals surface area contributed by atoms with E-state index in [4.69, 9.17) is 0 Å². The van der Waals surface area contributed by atoms with E-state index in [9.17, 15) is 9.59 Å². The van der Waals surface area contributed by atoms with Crippen LogP contribution in [0.2, 0.25) is 0 Å². The van der Waals surface area contributed by atoms with Crippen LogP contribution in [0.25, 0.3) is 10.2 Å². The first-order chi connectivity index (χ1) is 8.78. The summed E-state index contributed by atoms with van der Waals surface area (Å²) in [6.45, 7) is 2.43. The van der Waals surface area contributed by atoms with Crippen molar-refractivity contribution in [3.63, 3.8) is 0 Å². The van der Waals surface area contributed by atoms with Gasteiger partial charge in [-0.05, 0) is 17.5 Å². The largest absolute Gasteiger partial charge is 0.350 e. The zero-order valence-corrected chi connectivity index (χ0v) is 10.6. The highest BCUT2D eigenvalue weighted by Gasteiger charge is 2.22. The van der Waals surface area contributed by atoms with Crippen LogP contribution >= 0.6 is 11.3 Å². The van der Waals surface area contributed by atoms with Crippen LogP contribution < -0.4 is 0 Å². The quantitative estimate of drug-likeness (QED) is 0.826. The molecule has 0 radical (unpaired) electrons. The van der Waals surface area contributed by atoms with Gasteiger partial charge in [0.25, 0.3) is 5.91 Å². The maximum atomic E-state index is 12.3. The number of amides is 2. The lowest BCUT2D eigenvalue weighted by Gasteiger charge is -2.32. The molecule has 0 aromatic carbocycles. The Labute approximate surface area is 108 Å². The number of hydrogen-bond donors (Lipinski definition) is 1. The number of nitrogens with zero attached hydrogens (tertiary/aromatic N) is 2. The summed E-state index contributed by atoms with van der Waals surface area (Å²) in [6.07, 6.45) is 0.840. The molecule has 1 aliphatic heterocycles. The second-order valence-corrected chi connectivity index (χ2v) is 5.26. The zero-order valence-electron chi connectivity index (χ0n) is 9.76. The number of H-pyrrole nitrogens is 1. The van der Waals surface area contributed by atoms with E-state index in [0.29, 0.717) is 31.9 Å². The summed E-state index contributed by atoms with van der Waals surface area (Å²) < 4.78 is 1.10. The molecule has 3 heterocycles. The minimum atomic E-state index is 0.0175. The van der Waals surface area contributed by atoms with Crippen molar-refractivity contribution in [3.8, 4) is 0 Å². The molecule has 0 saturated carbocycles. The Kier molecular flexibility index (Phi) is 2.79. The first kappa shape index (κ1) is 11.3. The van der Waals surface area contributed by atoms with Crippen LogP contribution in [0.15, 0.2) is 17.5 Å². The van der Waals surface area contributed by atoms with Crippen LogP contribution in [0.1, 0.15) is 10.5 Å². The molecule has 0 bridgehead atoms. The van der Waals surface area contributed by atoms with E-state index in [-0.39, 0.29) is 5.91 Å². The monoisotopic (exact) mass is 263 g/mol. The van der Waals surface area contributed by atoms with Crippen LogP contribution in [-0.4, -0.2) is 53.3 Å². The topological polar surface area (TPSA) is 56.4 Å². The average Bonchev–Trinajstić information content (AvgIpc) is 2.99. The summed E-state index contributed by atoms with van der Waals surface area (Å²) in [4.78, 5) is 29.5. The molecule has 2 aromatic heterocycles. The Hall–Kier alpha value is -1.82. The van der Waals surface area contributed by atoms with Crippen molar-refractivity contribution in [2.45, 2.75) is 0 Å². The van der Waals surface area contributed by atoms with Crippen LogP contribution in [0, 0.1) is 0 Å². The summed E-state index contributed by atoms with van der Waals surface area (Å²) in [5, 5.41) is 2.00. The number of thiophene rings is 1. The predicted molar refractivity (Wildman–Crippen MR) is 69.7 cm³/mol. The van der Waals surface area contributed by atoms with Gasteiger partial charge in [-0.1, -0.05) is 0 Å². The number of piperazine rings is 1.